The third kappa shape index (κ3) is 5.16. The van der Waals surface area contributed by atoms with Gasteiger partial charge in [0.2, 0.25) is 10.0 Å². The molecule has 0 aliphatic carbocycles. The van der Waals surface area contributed by atoms with Crippen molar-refractivity contribution < 1.29 is 31.1 Å². The maximum absolute atomic E-state index is 13.2. The van der Waals surface area contributed by atoms with E-state index in [1.165, 1.54) is 0 Å². The summed E-state index contributed by atoms with van der Waals surface area (Å²) in [6, 6.07) is 2.10. The molecule has 1 rings (SSSR count). The summed E-state index contributed by atoms with van der Waals surface area (Å²) >= 11 is 0. The van der Waals surface area contributed by atoms with Gasteiger partial charge in [-0.1, -0.05) is 13.8 Å². The Morgan fingerprint density at radius 2 is 1.80 bits per heavy atom. The minimum Gasteiger partial charge on any atom is -0.465 e. The first kappa shape index (κ1) is 21.4. The van der Waals surface area contributed by atoms with E-state index in [9.17, 15) is 26.4 Å². The van der Waals surface area contributed by atoms with Crippen molar-refractivity contribution in [1.82, 2.24) is 4.72 Å². The van der Waals surface area contributed by atoms with Gasteiger partial charge in [0.1, 0.15) is 0 Å². The second-order valence-electron chi connectivity index (χ2n) is 5.59. The van der Waals surface area contributed by atoms with E-state index < -0.39 is 43.7 Å². The molecule has 25 heavy (non-hydrogen) atoms. The molecule has 0 amide bonds. The topological polar surface area (TPSA) is 98.5 Å². The molecule has 0 bridgehead atoms. The third-order valence-electron chi connectivity index (χ3n) is 4.03. The number of esters is 1. The Balaban J connectivity index is 3.27. The van der Waals surface area contributed by atoms with Gasteiger partial charge < -0.3 is 10.5 Å². The Hall–Kier alpha value is -1.65. The van der Waals surface area contributed by atoms with Crippen LogP contribution in [0.25, 0.3) is 0 Å². The van der Waals surface area contributed by atoms with Gasteiger partial charge in [0.25, 0.3) is 0 Å². The van der Waals surface area contributed by atoms with Crippen molar-refractivity contribution >= 4 is 16.0 Å². The number of nitrogens with two attached hydrogens (primary N) is 1. The molecule has 10 heteroatoms. The Morgan fingerprint density at radius 3 is 2.24 bits per heavy atom. The summed E-state index contributed by atoms with van der Waals surface area (Å²) < 4.78 is 70.6. The average Bonchev–Trinajstić information content (AvgIpc) is 2.57. The number of carbonyl (C=O) groups excluding carboxylic acids is 1. The second kappa shape index (κ2) is 7.71. The Kier molecular flexibility index (Phi) is 6.60. The van der Waals surface area contributed by atoms with Crippen LogP contribution in [0.3, 0.4) is 0 Å². The lowest BCUT2D eigenvalue weighted by Crippen LogP contribution is -2.49. The highest BCUT2D eigenvalue weighted by Gasteiger charge is 2.37. The highest BCUT2D eigenvalue weighted by atomic mass is 32.2. The number of methoxy groups -OCH3 is 1. The zero-order chi connectivity index (χ0) is 19.5. The zero-order valence-electron chi connectivity index (χ0n) is 14.1. The lowest BCUT2D eigenvalue weighted by molar-refractivity contribution is -0.138. The quantitative estimate of drug-likeness (QED) is 0.705. The molecule has 0 unspecified atom stereocenters. The van der Waals surface area contributed by atoms with Crippen molar-refractivity contribution in [2.75, 3.05) is 13.7 Å². The molecule has 0 spiro atoms. The van der Waals surface area contributed by atoms with Crippen molar-refractivity contribution in [3.8, 4) is 0 Å². The first-order valence-corrected chi connectivity index (χ1v) is 8.96. The molecule has 0 heterocycles. The first-order chi connectivity index (χ1) is 11.4. The van der Waals surface area contributed by atoms with Gasteiger partial charge in [0.05, 0.1) is 23.1 Å². The lowest BCUT2D eigenvalue weighted by Gasteiger charge is -2.26. The number of rotatable bonds is 7. The van der Waals surface area contributed by atoms with Crippen LogP contribution in [0.4, 0.5) is 13.2 Å². The molecule has 0 saturated heterocycles. The van der Waals surface area contributed by atoms with E-state index in [0.717, 1.165) is 19.2 Å². The molecule has 0 atom stereocenters. The normalized spacial score (nSPS) is 12.9. The maximum atomic E-state index is 13.2. The number of nitrogens with one attached hydrogen (secondary N) is 1. The Labute approximate surface area is 144 Å². The molecule has 0 radical (unpaired) electrons. The van der Waals surface area contributed by atoms with E-state index >= 15 is 0 Å². The van der Waals surface area contributed by atoms with E-state index in [1.807, 2.05) is 0 Å². The third-order valence-corrected chi connectivity index (χ3v) is 5.43. The molecule has 0 aliphatic heterocycles. The molecule has 3 N–H and O–H groups in total. The molecule has 1 aromatic rings. The number of carbonyl (C=O) groups is 1. The highest BCUT2D eigenvalue weighted by Crippen LogP contribution is 2.34. The Morgan fingerprint density at radius 1 is 1.24 bits per heavy atom. The summed E-state index contributed by atoms with van der Waals surface area (Å²) in [6.07, 6.45) is -3.94. The zero-order valence-corrected chi connectivity index (χ0v) is 14.9. The van der Waals surface area contributed by atoms with Crippen LogP contribution >= 0.6 is 0 Å². The fourth-order valence-corrected chi connectivity index (χ4v) is 3.20. The van der Waals surface area contributed by atoms with Gasteiger partial charge in [-0.3, -0.25) is 0 Å². The van der Waals surface area contributed by atoms with Crippen LogP contribution in [0.1, 0.15) is 42.6 Å². The molecule has 0 fully saturated rings. The number of sulfonamides is 1. The highest BCUT2D eigenvalue weighted by molar-refractivity contribution is 7.89. The number of alkyl halides is 3. The number of halogens is 3. The Bertz CT molecular complexity index is 729. The van der Waals surface area contributed by atoms with Crippen molar-refractivity contribution in [1.29, 1.82) is 0 Å². The van der Waals surface area contributed by atoms with Crippen molar-refractivity contribution in [2.45, 2.75) is 43.3 Å². The van der Waals surface area contributed by atoms with Crippen LogP contribution < -0.4 is 10.5 Å². The molecule has 142 valence electrons. The maximum Gasteiger partial charge on any atom is 0.417 e. The van der Waals surface area contributed by atoms with Gasteiger partial charge in [-0.05, 0) is 31.0 Å². The fourth-order valence-electron chi connectivity index (χ4n) is 2.04. The molecular formula is C15H21F3N2O4S. The molecule has 0 aliphatic rings. The summed E-state index contributed by atoms with van der Waals surface area (Å²) in [5.41, 5.74) is 3.05. The van der Waals surface area contributed by atoms with Crippen molar-refractivity contribution in [3.63, 3.8) is 0 Å². The van der Waals surface area contributed by atoms with E-state index in [-0.39, 0.29) is 6.54 Å². The van der Waals surface area contributed by atoms with Gasteiger partial charge in [-0.25, -0.2) is 17.9 Å². The van der Waals surface area contributed by atoms with Gasteiger partial charge in [0, 0.05) is 12.1 Å². The van der Waals surface area contributed by atoms with E-state index in [0.29, 0.717) is 18.9 Å². The molecule has 6 nitrogen and oxygen atoms in total. The average molecular weight is 382 g/mol. The van der Waals surface area contributed by atoms with E-state index in [2.05, 4.69) is 9.46 Å². The summed E-state index contributed by atoms with van der Waals surface area (Å²) in [6.45, 7) is 3.44. The molecule has 1 aromatic carbocycles. The summed E-state index contributed by atoms with van der Waals surface area (Å²) in [5.74, 6) is -1.21. The van der Waals surface area contributed by atoms with Crippen LogP contribution in [-0.2, 0) is 20.9 Å². The number of ether oxygens (including phenoxy) is 1. The minimum atomic E-state index is -4.92. The summed E-state index contributed by atoms with van der Waals surface area (Å²) in [4.78, 5) is 10.9. The van der Waals surface area contributed by atoms with Crippen LogP contribution in [-0.4, -0.2) is 33.6 Å². The van der Waals surface area contributed by atoms with Gasteiger partial charge in [-0.15, -0.1) is 0 Å². The number of hydrogen-bond acceptors (Lipinski definition) is 5. The largest absolute Gasteiger partial charge is 0.465 e. The fraction of sp³-hybridized carbons (Fsp3) is 0.533. The van der Waals surface area contributed by atoms with Crippen LogP contribution in [0.5, 0.6) is 0 Å². The van der Waals surface area contributed by atoms with Crippen LogP contribution in [0.15, 0.2) is 23.1 Å². The van der Waals surface area contributed by atoms with Gasteiger partial charge in [-0.2, -0.15) is 13.2 Å². The van der Waals surface area contributed by atoms with Crippen molar-refractivity contribution in [3.05, 3.63) is 29.3 Å². The van der Waals surface area contributed by atoms with Crippen LogP contribution in [0.2, 0.25) is 0 Å². The lowest BCUT2D eigenvalue weighted by atomic mass is 9.95. The van der Waals surface area contributed by atoms with Gasteiger partial charge in [0.15, 0.2) is 0 Å². The van der Waals surface area contributed by atoms with E-state index in [1.54, 1.807) is 13.8 Å². The predicted octanol–water partition coefficient (Wildman–Crippen LogP) is 2.29. The van der Waals surface area contributed by atoms with Crippen LogP contribution in [0, 0.1) is 0 Å². The monoisotopic (exact) mass is 382 g/mol. The minimum absolute atomic E-state index is 0.123. The molecule has 0 saturated carbocycles. The number of benzene rings is 1. The molecular weight excluding hydrogens is 361 g/mol. The second-order valence-corrected chi connectivity index (χ2v) is 7.36. The first-order valence-electron chi connectivity index (χ1n) is 7.48. The van der Waals surface area contributed by atoms with E-state index in [4.69, 9.17) is 5.73 Å². The molecule has 0 aromatic heterocycles. The SMILES string of the molecule is CCC(N)(CC)CNS(=O)(=O)c1ccc(C(=O)OC)c(C(F)(F)F)c1. The van der Waals surface area contributed by atoms with Crippen molar-refractivity contribution in [2.24, 2.45) is 5.73 Å². The summed E-state index contributed by atoms with van der Waals surface area (Å²) in [5, 5.41) is 0. The van der Waals surface area contributed by atoms with Gasteiger partial charge >= 0.3 is 12.1 Å². The predicted molar refractivity (Wildman–Crippen MR) is 85.5 cm³/mol. The summed E-state index contributed by atoms with van der Waals surface area (Å²) in [7, 11) is -3.29. The smallest absolute Gasteiger partial charge is 0.417 e. The standard InChI is InChI=1S/C15H21F3N2O4S/c1-4-14(19,5-2)9-20-25(22,23)10-6-7-11(13(21)24-3)12(8-10)15(16,17)18/h6-8,20H,4-5,9,19H2,1-3H3. The number of hydrogen-bond donors (Lipinski definition) is 2.